The highest BCUT2D eigenvalue weighted by molar-refractivity contribution is 5.01. The van der Waals surface area contributed by atoms with Crippen LogP contribution >= 0.6 is 0 Å². The Morgan fingerprint density at radius 1 is 1.06 bits per heavy atom. The third kappa shape index (κ3) is 1.92. The second kappa shape index (κ2) is 4.13. The van der Waals surface area contributed by atoms with E-state index >= 15 is 0 Å². The van der Waals surface area contributed by atoms with Crippen LogP contribution in [0.5, 0.6) is 0 Å². The molecule has 0 aromatic carbocycles. The van der Waals surface area contributed by atoms with Gasteiger partial charge in [0.25, 0.3) is 0 Å². The first-order valence-electron chi connectivity index (χ1n) is 6.51. The van der Waals surface area contributed by atoms with Gasteiger partial charge in [0, 0.05) is 25.3 Å². The monoisotopic (exact) mass is 224 g/mol. The Labute approximate surface area is 96.8 Å². The summed E-state index contributed by atoms with van der Waals surface area (Å²) in [5, 5.41) is 0. The molecule has 0 unspecified atom stereocenters. The quantitative estimate of drug-likeness (QED) is 0.543. The predicted octanol–water partition coefficient (Wildman–Crippen LogP) is 2.75. The molecular weight excluding hydrogens is 204 g/mol. The molecular formula is C13H20O3. The Hall–Kier alpha value is -0.380. The third-order valence-electron chi connectivity index (χ3n) is 3.62. The Morgan fingerprint density at radius 3 is 2.12 bits per heavy atom. The molecule has 3 heterocycles. The van der Waals surface area contributed by atoms with Crippen LogP contribution in [-0.2, 0) is 14.2 Å². The van der Waals surface area contributed by atoms with Crippen LogP contribution in [0.1, 0.15) is 45.4 Å². The van der Waals surface area contributed by atoms with Gasteiger partial charge < -0.3 is 14.2 Å². The minimum Gasteiger partial charge on any atom is -0.320 e. The molecule has 4 aliphatic rings. The van der Waals surface area contributed by atoms with Crippen LogP contribution < -0.4 is 0 Å². The molecule has 0 radical (unpaired) electrons. The molecule has 3 aliphatic heterocycles. The highest BCUT2D eigenvalue weighted by Crippen LogP contribution is 2.45. The molecule has 16 heavy (non-hydrogen) atoms. The summed E-state index contributed by atoms with van der Waals surface area (Å²) in [6, 6.07) is 0. The van der Waals surface area contributed by atoms with Crippen molar-refractivity contribution in [3.63, 3.8) is 0 Å². The van der Waals surface area contributed by atoms with Crippen LogP contribution in [0.25, 0.3) is 0 Å². The van der Waals surface area contributed by atoms with Crippen molar-refractivity contribution in [1.29, 1.82) is 0 Å². The number of hydrogen-bond acceptors (Lipinski definition) is 3. The first kappa shape index (κ1) is 10.8. The SMILES string of the molecule is CCCC/C=C/C12OC3CC(CC(C3)O1)O2. The lowest BCUT2D eigenvalue weighted by Gasteiger charge is -2.54. The molecule has 0 aromatic rings. The van der Waals surface area contributed by atoms with E-state index in [9.17, 15) is 0 Å². The zero-order valence-electron chi connectivity index (χ0n) is 9.85. The van der Waals surface area contributed by atoms with Gasteiger partial charge in [-0.05, 0) is 6.42 Å². The molecule has 4 rings (SSSR count). The largest absolute Gasteiger partial charge is 0.320 e. The molecule has 3 nitrogen and oxygen atoms in total. The number of hydrogen-bond donors (Lipinski definition) is 0. The zero-order chi connectivity index (χ0) is 11.0. The van der Waals surface area contributed by atoms with Crippen LogP contribution in [0.4, 0.5) is 0 Å². The lowest BCUT2D eigenvalue weighted by atomic mass is 9.89. The van der Waals surface area contributed by atoms with Crippen molar-refractivity contribution in [1.82, 2.24) is 0 Å². The van der Waals surface area contributed by atoms with Crippen molar-refractivity contribution in [2.75, 3.05) is 0 Å². The van der Waals surface area contributed by atoms with E-state index < -0.39 is 5.97 Å². The van der Waals surface area contributed by atoms with Crippen molar-refractivity contribution in [2.45, 2.75) is 69.7 Å². The van der Waals surface area contributed by atoms with Crippen LogP contribution in [0.15, 0.2) is 12.2 Å². The van der Waals surface area contributed by atoms with Crippen LogP contribution in [0.3, 0.4) is 0 Å². The molecule has 4 fully saturated rings. The van der Waals surface area contributed by atoms with Crippen molar-refractivity contribution < 1.29 is 14.2 Å². The Balaban J connectivity index is 1.66. The van der Waals surface area contributed by atoms with E-state index in [0.29, 0.717) is 18.3 Å². The first-order chi connectivity index (χ1) is 7.80. The minimum atomic E-state index is -0.831. The molecule has 3 heteroatoms. The fourth-order valence-electron chi connectivity index (χ4n) is 2.90. The van der Waals surface area contributed by atoms with Gasteiger partial charge in [-0.3, -0.25) is 0 Å². The van der Waals surface area contributed by atoms with E-state index in [-0.39, 0.29) is 0 Å². The summed E-state index contributed by atoms with van der Waals surface area (Å²) >= 11 is 0. The van der Waals surface area contributed by atoms with Gasteiger partial charge in [0.1, 0.15) is 0 Å². The first-order valence-corrected chi connectivity index (χ1v) is 6.51. The van der Waals surface area contributed by atoms with Crippen molar-refractivity contribution in [3.05, 3.63) is 12.2 Å². The van der Waals surface area contributed by atoms with E-state index in [2.05, 4.69) is 13.0 Å². The van der Waals surface area contributed by atoms with Gasteiger partial charge >= 0.3 is 5.97 Å². The molecule has 0 amide bonds. The van der Waals surface area contributed by atoms with E-state index in [4.69, 9.17) is 14.2 Å². The maximum Gasteiger partial charge on any atom is 0.305 e. The zero-order valence-corrected chi connectivity index (χ0v) is 9.85. The minimum absolute atomic E-state index is 0.349. The van der Waals surface area contributed by atoms with Gasteiger partial charge in [0.2, 0.25) is 0 Å². The molecule has 0 N–H and O–H groups in total. The Kier molecular flexibility index (Phi) is 2.78. The molecule has 0 atom stereocenters. The van der Waals surface area contributed by atoms with E-state index in [0.717, 1.165) is 25.7 Å². The van der Waals surface area contributed by atoms with Crippen molar-refractivity contribution in [2.24, 2.45) is 0 Å². The Bertz CT molecular complexity index is 250. The lowest BCUT2D eigenvalue weighted by molar-refractivity contribution is -0.470. The standard InChI is InChI=1S/C13H20O3/c1-2-3-4-5-6-13-14-10-7-11(15-13)9-12(8-10)16-13/h5-6,10-12H,2-4,7-9H2,1H3/b6-5+. The maximum atomic E-state index is 5.86. The molecule has 0 aromatic heterocycles. The van der Waals surface area contributed by atoms with Crippen LogP contribution in [0.2, 0.25) is 0 Å². The van der Waals surface area contributed by atoms with Crippen molar-refractivity contribution in [3.8, 4) is 0 Å². The number of unbranched alkanes of at least 4 members (excludes halogenated alkanes) is 2. The summed E-state index contributed by atoms with van der Waals surface area (Å²) in [6.45, 7) is 2.20. The summed E-state index contributed by atoms with van der Waals surface area (Å²) in [4.78, 5) is 0. The normalized spacial score (nSPS) is 45.7. The topological polar surface area (TPSA) is 27.7 Å². The second-order valence-electron chi connectivity index (χ2n) is 5.07. The third-order valence-corrected chi connectivity index (χ3v) is 3.62. The second-order valence-corrected chi connectivity index (χ2v) is 5.07. The highest BCUT2D eigenvalue weighted by Gasteiger charge is 2.53. The summed E-state index contributed by atoms with van der Waals surface area (Å²) < 4.78 is 17.6. The number of rotatable bonds is 4. The fourth-order valence-corrected chi connectivity index (χ4v) is 2.90. The smallest absolute Gasteiger partial charge is 0.305 e. The molecule has 0 spiro atoms. The average molecular weight is 224 g/mol. The van der Waals surface area contributed by atoms with Gasteiger partial charge in [-0.2, -0.15) is 0 Å². The molecule has 1 saturated carbocycles. The molecule has 3 saturated heterocycles. The van der Waals surface area contributed by atoms with E-state index in [1.165, 1.54) is 12.8 Å². The van der Waals surface area contributed by atoms with E-state index in [1.807, 2.05) is 6.08 Å². The van der Waals surface area contributed by atoms with Crippen molar-refractivity contribution >= 4 is 0 Å². The predicted molar refractivity (Wildman–Crippen MR) is 59.9 cm³/mol. The van der Waals surface area contributed by atoms with Gasteiger partial charge in [-0.1, -0.05) is 25.8 Å². The van der Waals surface area contributed by atoms with Gasteiger partial charge in [-0.25, -0.2) is 0 Å². The summed E-state index contributed by atoms with van der Waals surface area (Å²) in [6.07, 6.45) is 11.8. The Morgan fingerprint density at radius 2 is 1.62 bits per heavy atom. The van der Waals surface area contributed by atoms with Gasteiger partial charge in [-0.15, -0.1) is 0 Å². The number of ether oxygens (including phenoxy) is 3. The van der Waals surface area contributed by atoms with Crippen LogP contribution in [0, 0.1) is 0 Å². The maximum absolute atomic E-state index is 5.86. The molecule has 4 bridgehead atoms. The molecule has 90 valence electrons. The molecule has 1 aliphatic carbocycles. The van der Waals surface area contributed by atoms with Gasteiger partial charge in [0.05, 0.1) is 18.3 Å². The summed E-state index contributed by atoms with van der Waals surface area (Å²) in [7, 11) is 0. The summed E-state index contributed by atoms with van der Waals surface area (Å²) in [5.74, 6) is -0.831. The highest BCUT2D eigenvalue weighted by atomic mass is 16.9. The lowest BCUT2D eigenvalue weighted by Crippen LogP contribution is -2.61. The van der Waals surface area contributed by atoms with E-state index in [1.54, 1.807) is 0 Å². The summed E-state index contributed by atoms with van der Waals surface area (Å²) in [5.41, 5.74) is 0. The van der Waals surface area contributed by atoms with Crippen LogP contribution in [-0.4, -0.2) is 24.3 Å². The number of allylic oxidation sites excluding steroid dienone is 1. The fraction of sp³-hybridized carbons (Fsp3) is 0.846. The van der Waals surface area contributed by atoms with Gasteiger partial charge in [0.15, 0.2) is 0 Å². The average Bonchev–Trinajstić information content (AvgIpc) is 2.22.